The van der Waals surface area contributed by atoms with E-state index in [-0.39, 0.29) is 0 Å². The van der Waals surface area contributed by atoms with Crippen molar-refractivity contribution in [2.24, 2.45) is 5.84 Å². The lowest BCUT2D eigenvalue weighted by molar-refractivity contribution is 0.602. The largest absolute Gasteiger partial charge is 0.303 e. The molecule has 2 aromatic carbocycles. The van der Waals surface area contributed by atoms with Crippen molar-refractivity contribution in [1.82, 2.24) is 10.7 Å². The molecule has 0 fully saturated rings. The molecule has 0 aliphatic carbocycles. The number of nitrogens with one attached hydrogen (secondary N) is 2. The molecule has 0 aromatic heterocycles. The van der Waals surface area contributed by atoms with Gasteiger partial charge in [0.1, 0.15) is 0 Å². The average Bonchev–Trinajstić information content (AvgIpc) is 2.45. The van der Waals surface area contributed by atoms with Gasteiger partial charge in [-0.2, -0.15) is 0 Å². The minimum atomic E-state index is 0.641. The molecule has 0 radical (unpaired) electrons. The molecule has 0 unspecified atom stereocenters. The summed E-state index contributed by atoms with van der Waals surface area (Å²) in [4.78, 5) is 0. The molecule has 0 aliphatic rings. The molecule has 0 saturated carbocycles. The Bertz CT molecular complexity index is 451. The van der Waals surface area contributed by atoms with E-state index in [1.165, 1.54) is 16.7 Å². The number of nitrogens with two attached hydrogens (primary N) is 1. The van der Waals surface area contributed by atoms with Crippen LogP contribution in [0.15, 0.2) is 54.6 Å². The van der Waals surface area contributed by atoms with Crippen molar-refractivity contribution in [3.63, 3.8) is 0 Å². The zero-order valence-corrected chi connectivity index (χ0v) is 10.4. The molecule has 2 rings (SSSR count). The summed E-state index contributed by atoms with van der Waals surface area (Å²) in [7, 11) is 0. The van der Waals surface area contributed by atoms with Gasteiger partial charge in [0, 0.05) is 6.54 Å². The van der Waals surface area contributed by atoms with Gasteiger partial charge >= 0.3 is 0 Å². The van der Waals surface area contributed by atoms with Gasteiger partial charge in [-0.05, 0) is 23.1 Å². The fraction of sp³-hybridized carbons (Fsp3) is 0.200. The minimum absolute atomic E-state index is 0.641. The first-order chi connectivity index (χ1) is 8.90. The Labute approximate surface area is 108 Å². The molecule has 2 aromatic rings. The quantitative estimate of drug-likeness (QED) is 0.313. The van der Waals surface area contributed by atoms with E-state index in [0.29, 0.717) is 6.67 Å². The van der Waals surface area contributed by atoms with E-state index in [2.05, 4.69) is 59.3 Å². The molecule has 0 aliphatic heterocycles. The second-order valence-corrected chi connectivity index (χ2v) is 4.19. The molecule has 3 heteroatoms. The van der Waals surface area contributed by atoms with E-state index in [1.807, 2.05) is 6.07 Å². The van der Waals surface area contributed by atoms with E-state index >= 15 is 0 Å². The number of hydrogen-bond acceptors (Lipinski definition) is 3. The van der Waals surface area contributed by atoms with Gasteiger partial charge in [0.15, 0.2) is 0 Å². The maximum Gasteiger partial charge on any atom is 0.0587 e. The summed E-state index contributed by atoms with van der Waals surface area (Å²) in [6.45, 7) is 1.57. The Morgan fingerprint density at radius 3 is 2.17 bits per heavy atom. The van der Waals surface area contributed by atoms with Crippen LogP contribution in [-0.2, 0) is 6.42 Å². The Morgan fingerprint density at radius 2 is 1.50 bits per heavy atom. The van der Waals surface area contributed by atoms with E-state index in [4.69, 9.17) is 5.84 Å². The first-order valence-corrected chi connectivity index (χ1v) is 6.18. The fourth-order valence-electron chi connectivity index (χ4n) is 1.89. The van der Waals surface area contributed by atoms with Crippen LogP contribution in [0.4, 0.5) is 0 Å². The van der Waals surface area contributed by atoms with Crippen LogP contribution in [-0.4, -0.2) is 13.2 Å². The second kappa shape index (κ2) is 6.91. The van der Waals surface area contributed by atoms with Gasteiger partial charge in [-0.15, -0.1) is 0 Å². The molecule has 0 bridgehead atoms. The third-order valence-corrected chi connectivity index (χ3v) is 2.88. The molecular formula is C15H19N3. The Morgan fingerprint density at radius 1 is 0.833 bits per heavy atom. The summed E-state index contributed by atoms with van der Waals surface area (Å²) in [6, 6.07) is 19.1. The van der Waals surface area contributed by atoms with Crippen molar-refractivity contribution in [2.45, 2.75) is 6.42 Å². The third-order valence-electron chi connectivity index (χ3n) is 2.88. The summed E-state index contributed by atoms with van der Waals surface area (Å²) in [5.74, 6) is 5.18. The van der Waals surface area contributed by atoms with E-state index in [0.717, 1.165) is 13.0 Å². The maximum atomic E-state index is 5.18. The highest BCUT2D eigenvalue weighted by atomic mass is 15.3. The molecule has 18 heavy (non-hydrogen) atoms. The molecular weight excluding hydrogens is 222 g/mol. The van der Waals surface area contributed by atoms with Crippen molar-refractivity contribution >= 4 is 0 Å². The zero-order chi connectivity index (χ0) is 12.6. The van der Waals surface area contributed by atoms with Crippen LogP contribution in [0.25, 0.3) is 11.1 Å². The summed E-state index contributed by atoms with van der Waals surface area (Å²) in [6.07, 6.45) is 1.01. The summed E-state index contributed by atoms with van der Waals surface area (Å²) in [5, 5.41) is 3.19. The molecule has 3 nitrogen and oxygen atoms in total. The highest BCUT2D eigenvalue weighted by molar-refractivity contribution is 5.63. The van der Waals surface area contributed by atoms with E-state index in [1.54, 1.807) is 0 Å². The van der Waals surface area contributed by atoms with Gasteiger partial charge in [-0.1, -0.05) is 54.6 Å². The number of benzene rings is 2. The van der Waals surface area contributed by atoms with Crippen LogP contribution in [0.5, 0.6) is 0 Å². The van der Waals surface area contributed by atoms with Crippen LogP contribution in [0.1, 0.15) is 5.56 Å². The summed E-state index contributed by atoms with van der Waals surface area (Å²) >= 11 is 0. The van der Waals surface area contributed by atoms with E-state index in [9.17, 15) is 0 Å². The fourth-order valence-corrected chi connectivity index (χ4v) is 1.89. The zero-order valence-electron chi connectivity index (χ0n) is 10.4. The molecule has 0 saturated heterocycles. The van der Waals surface area contributed by atoms with Crippen molar-refractivity contribution < 1.29 is 0 Å². The maximum absolute atomic E-state index is 5.18. The first kappa shape index (κ1) is 12.8. The van der Waals surface area contributed by atoms with E-state index < -0.39 is 0 Å². The number of hydrazine groups is 1. The Hall–Kier alpha value is -1.68. The molecule has 0 amide bonds. The lowest BCUT2D eigenvalue weighted by Gasteiger charge is -2.06. The van der Waals surface area contributed by atoms with Crippen LogP contribution in [0.3, 0.4) is 0 Å². The summed E-state index contributed by atoms with van der Waals surface area (Å²) in [5.41, 5.74) is 6.42. The van der Waals surface area contributed by atoms with Gasteiger partial charge in [0.25, 0.3) is 0 Å². The Kier molecular flexibility index (Phi) is 4.90. The first-order valence-electron chi connectivity index (χ1n) is 6.18. The lowest BCUT2D eigenvalue weighted by atomic mass is 10.0. The molecule has 0 heterocycles. The van der Waals surface area contributed by atoms with Crippen molar-refractivity contribution in [3.05, 3.63) is 60.2 Å². The second-order valence-electron chi connectivity index (χ2n) is 4.19. The highest BCUT2D eigenvalue weighted by Gasteiger charge is 1.97. The molecule has 0 atom stereocenters. The highest BCUT2D eigenvalue weighted by Crippen LogP contribution is 2.19. The standard InChI is InChI=1S/C15H19N3/c16-18-12-17-11-10-13-6-8-15(9-7-13)14-4-2-1-3-5-14/h1-9,17-18H,10-12,16H2. The van der Waals surface area contributed by atoms with Crippen LogP contribution in [0.2, 0.25) is 0 Å². The lowest BCUT2D eigenvalue weighted by Crippen LogP contribution is -2.34. The smallest absolute Gasteiger partial charge is 0.0587 e. The van der Waals surface area contributed by atoms with Crippen LogP contribution >= 0.6 is 0 Å². The number of rotatable bonds is 6. The average molecular weight is 241 g/mol. The van der Waals surface area contributed by atoms with Crippen molar-refractivity contribution in [1.29, 1.82) is 0 Å². The topological polar surface area (TPSA) is 50.1 Å². The predicted octanol–water partition coefficient (Wildman–Crippen LogP) is 1.91. The SMILES string of the molecule is NNCNCCc1ccc(-c2ccccc2)cc1. The van der Waals surface area contributed by atoms with Crippen molar-refractivity contribution in [2.75, 3.05) is 13.2 Å². The van der Waals surface area contributed by atoms with Gasteiger partial charge in [-0.3, -0.25) is 5.84 Å². The molecule has 4 N–H and O–H groups in total. The molecule has 0 spiro atoms. The van der Waals surface area contributed by atoms with Gasteiger partial charge in [0.2, 0.25) is 0 Å². The van der Waals surface area contributed by atoms with Crippen LogP contribution < -0.4 is 16.6 Å². The van der Waals surface area contributed by atoms with Gasteiger partial charge < -0.3 is 5.32 Å². The van der Waals surface area contributed by atoms with Crippen molar-refractivity contribution in [3.8, 4) is 11.1 Å². The Balaban J connectivity index is 1.94. The summed E-state index contributed by atoms with van der Waals surface area (Å²) < 4.78 is 0. The van der Waals surface area contributed by atoms with Gasteiger partial charge in [-0.25, -0.2) is 5.43 Å². The molecule has 94 valence electrons. The predicted molar refractivity (Wildman–Crippen MR) is 75.8 cm³/mol. The third kappa shape index (κ3) is 3.67. The minimum Gasteiger partial charge on any atom is -0.303 e. The van der Waals surface area contributed by atoms with Crippen LogP contribution in [0, 0.1) is 0 Å². The van der Waals surface area contributed by atoms with Gasteiger partial charge in [0.05, 0.1) is 6.67 Å². The monoisotopic (exact) mass is 241 g/mol. The number of hydrogen-bond donors (Lipinski definition) is 3. The normalized spacial score (nSPS) is 10.5.